The minimum atomic E-state index is -4.41. The highest BCUT2D eigenvalue weighted by Crippen LogP contribution is 2.25. The summed E-state index contributed by atoms with van der Waals surface area (Å²) < 4.78 is 39.6. The SMILES string of the molecule is CC(=O)c1csc(C(=O)NCC(N2CCNCC2)C(F)(F)F)c1. The van der Waals surface area contributed by atoms with E-state index in [-0.39, 0.29) is 23.7 Å². The molecule has 1 atom stereocenters. The van der Waals surface area contributed by atoms with Crippen LogP contribution in [-0.4, -0.2) is 61.5 Å². The molecule has 0 aliphatic carbocycles. The van der Waals surface area contributed by atoms with E-state index < -0.39 is 24.7 Å². The van der Waals surface area contributed by atoms with Gasteiger partial charge in [0.2, 0.25) is 0 Å². The van der Waals surface area contributed by atoms with Crippen LogP contribution in [0.3, 0.4) is 0 Å². The fourth-order valence-electron chi connectivity index (χ4n) is 2.36. The van der Waals surface area contributed by atoms with Gasteiger partial charge in [-0.3, -0.25) is 14.5 Å². The number of thiophene rings is 1. The van der Waals surface area contributed by atoms with Gasteiger partial charge in [0.1, 0.15) is 6.04 Å². The van der Waals surface area contributed by atoms with Crippen molar-refractivity contribution >= 4 is 23.0 Å². The Morgan fingerprint density at radius 1 is 1.39 bits per heavy atom. The number of alkyl halides is 3. The summed E-state index contributed by atoms with van der Waals surface area (Å²) in [7, 11) is 0. The maximum absolute atomic E-state index is 13.2. The molecule has 1 aliphatic heterocycles. The number of Topliss-reactive ketones (excluding diaryl/α,β-unsaturated/α-hetero) is 1. The van der Waals surface area contributed by atoms with E-state index in [9.17, 15) is 22.8 Å². The molecule has 1 aromatic rings. The lowest BCUT2D eigenvalue weighted by Gasteiger charge is -2.35. The van der Waals surface area contributed by atoms with Crippen molar-refractivity contribution in [1.82, 2.24) is 15.5 Å². The molecule has 9 heteroatoms. The van der Waals surface area contributed by atoms with E-state index in [4.69, 9.17) is 0 Å². The standard InChI is InChI=1S/C14H18F3N3O2S/c1-9(21)10-6-11(23-8-10)13(22)19-7-12(14(15,16)17)20-4-2-18-3-5-20/h6,8,12,18H,2-5,7H2,1H3,(H,19,22). The highest BCUT2D eigenvalue weighted by molar-refractivity contribution is 7.12. The number of hydrogen-bond donors (Lipinski definition) is 2. The van der Waals surface area contributed by atoms with Crippen molar-refractivity contribution in [2.24, 2.45) is 0 Å². The monoisotopic (exact) mass is 349 g/mol. The topological polar surface area (TPSA) is 61.4 Å². The van der Waals surface area contributed by atoms with E-state index in [0.717, 1.165) is 11.3 Å². The van der Waals surface area contributed by atoms with Crippen molar-refractivity contribution in [2.75, 3.05) is 32.7 Å². The van der Waals surface area contributed by atoms with Crippen LogP contribution in [0.5, 0.6) is 0 Å². The number of carbonyl (C=O) groups excluding carboxylic acids is 2. The molecule has 2 N–H and O–H groups in total. The Morgan fingerprint density at radius 2 is 2.04 bits per heavy atom. The van der Waals surface area contributed by atoms with Crippen LogP contribution in [0.2, 0.25) is 0 Å². The van der Waals surface area contributed by atoms with Crippen LogP contribution < -0.4 is 10.6 Å². The van der Waals surface area contributed by atoms with Crippen LogP contribution >= 0.6 is 11.3 Å². The number of hydrogen-bond acceptors (Lipinski definition) is 5. The first-order valence-electron chi connectivity index (χ1n) is 7.18. The number of amides is 1. The van der Waals surface area contributed by atoms with Gasteiger partial charge in [-0.15, -0.1) is 11.3 Å². The molecule has 1 amide bonds. The molecule has 1 aliphatic rings. The fraction of sp³-hybridized carbons (Fsp3) is 0.571. The van der Waals surface area contributed by atoms with Crippen molar-refractivity contribution < 1.29 is 22.8 Å². The van der Waals surface area contributed by atoms with E-state index in [1.54, 1.807) is 0 Å². The summed E-state index contributed by atoms with van der Waals surface area (Å²) >= 11 is 1.04. The molecule has 1 aromatic heterocycles. The highest BCUT2D eigenvalue weighted by atomic mass is 32.1. The second kappa shape index (κ2) is 7.41. The molecule has 1 saturated heterocycles. The molecule has 128 valence electrons. The highest BCUT2D eigenvalue weighted by Gasteiger charge is 2.43. The average Bonchev–Trinajstić information content (AvgIpc) is 2.97. The zero-order chi connectivity index (χ0) is 17.0. The first kappa shape index (κ1) is 17.9. The van der Waals surface area contributed by atoms with Gasteiger partial charge in [-0.2, -0.15) is 13.2 Å². The number of rotatable bonds is 5. The van der Waals surface area contributed by atoms with Crippen molar-refractivity contribution in [3.05, 3.63) is 21.9 Å². The molecule has 23 heavy (non-hydrogen) atoms. The fourth-order valence-corrected chi connectivity index (χ4v) is 3.22. The Balaban J connectivity index is 1.99. The Bertz CT molecular complexity index is 568. The van der Waals surface area contributed by atoms with Crippen LogP contribution in [-0.2, 0) is 0 Å². The number of halogens is 3. The number of nitrogens with one attached hydrogen (secondary N) is 2. The molecule has 2 rings (SSSR count). The van der Waals surface area contributed by atoms with Crippen molar-refractivity contribution in [3.63, 3.8) is 0 Å². The molecular formula is C14H18F3N3O2S. The van der Waals surface area contributed by atoms with Crippen LogP contribution in [0.15, 0.2) is 11.4 Å². The minimum absolute atomic E-state index is 0.186. The Kier molecular flexibility index (Phi) is 5.77. The lowest BCUT2D eigenvalue weighted by molar-refractivity contribution is -0.183. The number of piperazine rings is 1. The van der Waals surface area contributed by atoms with Crippen molar-refractivity contribution in [2.45, 2.75) is 19.1 Å². The summed E-state index contributed by atoms with van der Waals surface area (Å²) in [5, 5.41) is 6.85. The summed E-state index contributed by atoms with van der Waals surface area (Å²) in [6, 6.07) is -0.309. The van der Waals surface area contributed by atoms with E-state index in [0.29, 0.717) is 18.7 Å². The summed E-state index contributed by atoms with van der Waals surface area (Å²) in [6.45, 7) is 2.42. The zero-order valence-corrected chi connectivity index (χ0v) is 13.4. The predicted octanol–water partition coefficient (Wildman–Crippen LogP) is 1.52. The van der Waals surface area contributed by atoms with Gasteiger partial charge in [-0.05, 0) is 13.0 Å². The van der Waals surface area contributed by atoms with E-state index in [2.05, 4.69) is 10.6 Å². The molecule has 0 bridgehead atoms. The van der Waals surface area contributed by atoms with Gasteiger partial charge < -0.3 is 10.6 Å². The third-order valence-electron chi connectivity index (χ3n) is 3.66. The van der Waals surface area contributed by atoms with Crippen LogP contribution in [0, 0.1) is 0 Å². The number of ketones is 1. The van der Waals surface area contributed by atoms with Gasteiger partial charge in [0, 0.05) is 43.7 Å². The molecule has 0 spiro atoms. The lowest BCUT2D eigenvalue weighted by atomic mass is 10.2. The maximum Gasteiger partial charge on any atom is 0.405 e. The predicted molar refractivity (Wildman–Crippen MR) is 80.9 cm³/mol. The molecule has 0 saturated carbocycles. The van der Waals surface area contributed by atoms with E-state index in [1.165, 1.54) is 23.3 Å². The second-order valence-electron chi connectivity index (χ2n) is 5.31. The smallest absolute Gasteiger partial charge is 0.349 e. The van der Waals surface area contributed by atoms with Gasteiger partial charge in [0.05, 0.1) is 4.88 Å². The van der Waals surface area contributed by atoms with Gasteiger partial charge in [0.15, 0.2) is 5.78 Å². The minimum Gasteiger partial charge on any atom is -0.349 e. The molecule has 2 heterocycles. The quantitative estimate of drug-likeness (QED) is 0.792. The molecular weight excluding hydrogens is 331 g/mol. The molecule has 0 radical (unpaired) electrons. The third kappa shape index (κ3) is 4.76. The molecule has 1 fully saturated rings. The Labute approximate surface area is 135 Å². The van der Waals surface area contributed by atoms with Gasteiger partial charge >= 0.3 is 6.18 Å². The van der Waals surface area contributed by atoms with E-state index in [1.807, 2.05) is 0 Å². The molecule has 1 unspecified atom stereocenters. The lowest BCUT2D eigenvalue weighted by Crippen LogP contribution is -2.57. The first-order chi connectivity index (χ1) is 10.8. The molecule has 5 nitrogen and oxygen atoms in total. The normalized spacial score (nSPS) is 17.7. The summed E-state index contributed by atoms with van der Waals surface area (Å²) in [6.07, 6.45) is -4.41. The zero-order valence-electron chi connectivity index (χ0n) is 12.6. The Morgan fingerprint density at radius 3 is 2.57 bits per heavy atom. The van der Waals surface area contributed by atoms with Crippen LogP contribution in [0.25, 0.3) is 0 Å². The summed E-state index contributed by atoms with van der Waals surface area (Å²) in [5.41, 5.74) is 0.384. The van der Waals surface area contributed by atoms with Gasteiger partial charge in [0.25, 0.3) is 5.91 Å². The Hall–Kier alpha value is -1.45. The van der Waals surface area contributed by atoms with Crippen LogP contribution in [0.4, 0.5) is 13.2 Å². The van der Waals surface area contributed by atoms with Crippen LogP contribution in [0.1, 0.15) is 27.0 Å². The van der Waals surface area contributed by atoms with Gasteiger partial charge in [-0.25, -0.2) is 0 Å². The van der Waals surface area contributed by atoms with E-state index >= 15 is 0 Å². The summed E-state index contributed by atoms with van der Waals surface area (Å²) in [5.74, 6) is -0.777. The third-order valence-corrected chi connectivity index (χ3v) is 4.58. The first-order valence-corrected chi connectivity index (χ1v) is 8.06. The maximum atomic E-state index is 13.2. The average molecular weight is 349 g/mol. The van der Waals surface area contributed by atoms with Crippen molar-refractivity contribution in [3.8, 4) is 0 Å². The second-order valence-corrected chi connectivity index (χ2v) is 6.22. The van der Waals surface area contributed by atoms with Gasteiger partial charge in [-0.1, -0.05) is 0 Å². The number of nitrogens with zero attached hydrogens (tertiary/aromatic N) is 1. The largest absolute Gasteiger partial charge is 0.405 e. The van der Waals surface area contributed by atoms with Crippen molar-refractivity contribution in [1.29, 1.82) is 0 Å². The number of carbonyl (C=O) groups is 2. The summed E-state index contributed by atoms with van der Waals surface area (Å²) in [4.78, 5) is 24.7. The molecule has 0 aromatic carbocycles.